The van der Waals surface area contributed by atoms with Gasteiger partial charge in [0.2, 0.25) is 5.91 Å². The molecule has 0 radical (unpaired) electrons. The highest BCUT2D eigenvalue weighted by atomic mass is 16.3. The van der Waals surface area contributed by atoms with Crippen LogP contribution in [0, 0.1) is 0 Å². The summed E-state index contributed by atoms with van der Waals surface area (Å²) in [5, 5.41) is 2.95. The van der Waals surface area contributed by atoms with E-state index in [9.17, 15) is 9.59 Å². The second-order valence-corrected chi connectivity index (χ2v) is 7.41. The summed E-state index contributed by atoms with van der Waals surface area (Å²) in [6, 6.07) is 16.4. The molecule has 0 aliphatic carbocycles. The molecule has 7 heteroatoms. The highest BCUT2D eigenvalue weighted by molar-refractivity contribution is 5.91. The lowest BCUT2D eigenvalue weighted by Crippen LogP contribution is -2.59. The number of furan rings is 1. The third kappa shape index (κ3) is 4.26. The number of likely N-dealkylation sites (N-methyl/N-ethyl adjacent to an activating group) is 1. The number of benzene rings is 1. The lowest BCUT2D eigenvalue weighted by Gasteiger charge is -2.45. The van der Waals surface area contributed by atoms with Crippen LogP contribution in [0.3, 0.4) is 0 Å². The fourth-order valence-electron chi connectivity index (χ4n) is 3.85. The number of aromatic nitrogens is 1. The Morgan fingerprint density at radius 1 is 1.17 bits per heavy atom. The van der Waals surface area contributed by atoms with E-state index in [1.165, 1.54) is 6.26 Å². The van der Waals surface area contributed by atoms with Crippen LogP contribution < -0.4 is 5.32 Å². The lowest BCUT2D eigenvalue weighted by molar-refractivity contribution is -0.144. The lowest BCUT2D eigenvalue weighted by atomic mass is 9.97. The van der Waals surface area contributed by atoms with Crippen molar-refractivity contribution in [1.29, 1.82) is 0 Å². The first-order chi connectivity index (χ1) is 14.6. The summed E-state index contributed by atoms with van der Waals surface area (Å²) in [5.41, 5.74) is 1.94. The van der Waals surface area contributed by atoms with Crippen LogP contribution in [0.5, 0.6) is 0 Å². The molecule has 0 unspecified atom stereocenters. The smallest absolute Gasteiger partial charge is 0.287 e. The first kappa shape index (κ1) is 19.8. The molecule has 1 fully saturated rings. The molecule has 1 N–H and O–H groups in total. The van der Waals surface area contributed by atoms with E-state index in [4.69, 9.17) is 4.42 Å². The van der Waals surface area contributed by atoms with Gasteiger partial charge in [0.1, 0.15) is 6.04 Å². The van der Waals surface area contributed by atoms with E-state index < -0.39 is 6.04 Å². The fraction of sp³-hybridized carbons (Fsp3) is 0.261. The quantitative estimate of drug-likeness (QED) is 0.683. The van der Waals surface area contributed by atoms with Crippen LogP contribution in [-0.2, 0) is 11.3 Å². The molecule has 1 saturated heterocycles. The number of nitrogens with one attached hydrogen (secondary N) is 1. The van der Waals surface area contributed by atoms with Crippen LogP contribution >= 0.6 is 0 Å². The maximum absolute atomic E-state index is 13.2. The Morgan fingerprint density at radius 2 is 2.00 bits per heavy atom. The van der Waals surface area contributed by atoms with Gasteiger partial charge in [0.15, 0.2) is 5.76 Å². The molecule has 4 rings (SSSR count). The monoisotopic (exact) mass is 404 g/mol. The topological polar surface area (TPSA) is 78.7 Å². The maximum Gasteiger partial charge on any atom is 0.287 e. The predicted molar refractivity (Wildman–Crippen MR) is 111 cm³/mol. The summed E-state index contributed by atoms with van der Waals surface area (Å²) in [4.78, 5) is 33.7. The standard InChI is InChI=1S/C23H24N4O3/c1-26-16-19(14-25-22(28)20-10-6-12-30-20)27(15-17-7-5-11-24-13-17)21(23(26)29)18-8-3-2-4-9-18/h2-13,19,21H,14-16H2,1H3,(H,25,28)/t19-,21+/m1/s1. The molecule has 3 heterocycles. The van der Waals surface area contributed by atoms with Crippen molar-refractivity contribution >= 4 is 11.8 Å². The maximum atomic E-state index is 13.2. The van der Waals surface area contributed by atoms with Gasteiger partial charge in [0.25, 0.3) is 5.91 Å². The number of nitrogens with zero attached hydrogens (tertiary/aromatic N) is 3. The number of carbonyl (C=O) groups excluding carboxylic acids is 2. The van der Waals surface area contributed by atoms with Crippen LogP contribution in [0.1, 0.15) is 27.7 Å². The van der Waals surface area contributed by atoms with Crippen LogP contribution in [0.2, 0.25) is 0 Å². The van der Waals surface area contributed by atoms with Gasteiger partial charge in [0, 0.05) is 45.1 Å². The molecule has 7 nitrogen and oxygen atoms in total. The minimum atomic E-state index is -0.435. The number of amides is 2. The molecule has 2 amide bonds. The van der Waals surface area contributed by atoms with Crippen LogP contribution in [0.25, 0.3) is 0 Å². The van der Waals surface area contributed by atoms with Gasteiger partial charge in [-0.25, -0.2) is 0 Å². The number of rotatable bonds is 6. The highest BCUT2D eigenvalue weighted by Gasteiger charge is 2.40. The van der Waals surface area contributed by atoms with Crippen molar-refractivity contribution in [3.05, 3.63) is 90.1 Å². The average Bonchev–Trinajstić information content (AvgIpc) is 3.32. The summed E-state index contributed by atoms with van der Waals surface area (Å²) in [6.45, 7) is 1.45. The van der Waals surface area contributed by atoms with Crippen molar-refractivity contribution in [3.63, 3.8) is 0 Å². The van der Waals surface area contributed by atoms with E-state index in [1.54, 1.807) is 30.3 Å². The molecule has 0 saturated carbocycles. The van der Waals surface area contributed by atoms with E-state index in [1.807, 2.05) is 48.7 Å². The summed E-state index contributed by atoms with van der Waals surface area (Å²) in [7, 11) is 1.81. The van der Waals surface area contributed by atoms with E-state index >= 15 is 0 Å². The van der Waals surface area contributed by atoms with Crippen LogP contribution in [-0.4, -0.2) is 52.8 Å². The zero-order valence-corrected chi connectivity index (χ0v) is 16.8. The largest absolute Gasteiger partial charge is 0.459 e. The molecule has 30 heavy (non-hydrogen) atoms. The fourth-order valence-corrected chi connectivity index (χ4v) is 3.85. The van der Waals surface area contributed by atoms with Crippen molar-refractivity contribution in [3.8, 4) is 0 Å². The number of hydrogen-bond donors (Lipinski definition) is 1. The van der Waals surface area contributed by atoms with Gasteiger partial charge in [0.05, 0.1) is 6.26 Å². The Kier molecular flexibility index (Phi) is 5.90. The van der Waals surface area contributed by atoms with E-state index in [-0.39, 0.29) is 23.6 Å². The summed E-state index contributed by atoms with van der Waals surface area (Å²) in [6.07, 6.45) is 5.01. The molecule has 2 atom stereocenters. The molecule has 2 aromatic heterocycles. The van der Waals surface area contributed by atoms with Crippen LogP contribution in [0.4, 0.5) is 0 Å². The molecule has 154 valence electrons. The highest BCUT2D eigenvalue weighted by Crippen LogP contribution is 2.31. The number of hydrogen-bond acceptors (Lipinski definition) is 5. The molecule has 1 aromatic carbocycles. The van der Waals surface area contributed by atoms with Crippen molar-refractivity contribution in [1.82, 2.24) is 20.1 Å². The Morgan fingerprint density at radius 3 is 2.70 bits per heavy atom. The van der Waals surface area contributed by atoms with Crippen molar-refractivity contribution in [2.75, 3.05) is 20.1 Å². The first-order valence-corrected chi connectivity index (χ1v) is 9.90. The van der Waals surface area contributed by atoms with Crippen molar-refractivity contribution in [2.45, 2.75) is 18.6 Å². The molecule has 3 aromatic rings. The zero-order valence-electron chi connectivity index (χ0n) is 16.8. The van der Waals surface area contributed by atoms with Crippen LogP contribution in [0.15, 0.2) is 77.7 Å². The SMILES string of the molecule is CN1C[C@@H](CNC(=O)c2ccco2)N(Cc2cccnc2)[C@@H](c2ccccc2)C1=O. The van der Waals surface area contributed by atoms with Gasteiger partial charge >= 0.3 is 0 Å². The third-order valence-corrected chi connectivity index (χ3v) is 5.34. The summed E-state index contributed by atoms with van der Waals surface area (Å²) < 4.78 is 5.19. The van der Waals surface area contributed by atoms with Gasteiger partial charge in [-0.3, -0.25) is 19.5 Å². The van der Waals surface area contributed by atoms with E-state index in [0.717, 1.165) is 11.1 Å². The van der Waals surface area contributed by atoms with Gasteiger partial charge in [-0.05, 0) is 29.3 Å². The first-order valence-electron chi connectivity index (χ1n) is 9.90. The minimum absolute atomic E-state index is 0.0405. The van der Waals surface area contributed by atoms with Gasteiger partial charge in [-0.15, -0.1) is 0 Å². The summed E-state index contributed by atoms with van der Waals surface area (Å²) in [5.74, 6) is 0.0458. The van der Waals surface area contributed by atoms with Gasteiger partial charge in [-0.1, -0.05) is 36.4 Å². The number of piperazine rings is 1. The Labute approximate surface area is 175 Å². The zero-order chi connectivity index (χ0) is 20.9. The minimum Gasteiger partial charge on any atom is -0.459 e. The van der Waals surface area contributed by atoms with Gasteiger partial charge in [-0.2, -0.15) is 0 Å². The Balaban J connectivity index is 1.61. The molecule has 1 aliphatic heterocycles. The second-order valence-electron chi connectivity index (χ2n) is 7.41. The normalized spacial score (nSPS) is 19.6. The molecule has 0 bridgehead atoms. The Bertz CT molecular complexity index is 976. The number of pyridine rings is 1. The molecular formula is C23H24N4O3. The van der Waals surface area contributed by atoms with Crippen molar-refractivity contribution in [2.24, 2.45) is 0 Å². The van der Waals surface area contributed by atoms with E-state index in [0.29, 0.717) is 19.6 Å². The molecular weight excluding hydrogens is 380 g/mol. The van der Waals surface area contributed by atoms with Gasteiger partial charge < -0.3 is 14.6 Å². The molecule has 1 aliphatic rings. The second kappa shape index (κ2) is 8.92. The summed E-state index contributed by atoms with van der Waals surface area (Å²) >= 11 is 0. The van der Waals surface area contributed by atoms with E-state index in [2.05, 4.69) is 15.2 Å². The third-order valence-electron chi connectivity index (χ3n) is 5.34. The average molecular weight is 404 g/mol. The van der Waals surface area contributed by atoms with Crippen molar-refractivity contribution < 1.29 is 14.0 Å². The Hall–Kier alpha value is -3.45. The number of carbonyl (C=O) groups is 2. The molecule has 0 spiro atoms. The predicted octanol–water partition coefficient (Wildman–Crippen LogP) is 2.49.